The number of hydrogen-bond donors (Lipinski definition) is 1. The molecule has 27 heavy (non-hydrogen) atoms. The predicted octanol–water partition coefficient (Wildman–Crippen LogP) is 4.61. The number of rotatable bonds is 7. The van der Waals surface area contributed by atoms with Gasteiger partial charge in [0.25, 0.3) is 6.43 Å². The molecule has 142 valence electrons. The predicted molar refractivity (Wildman–Crippen MR) is 95.9 cm³/mol. The Morgan fingerprint density at radius 1 is 1.15 bits per heavy atom. The molecular formula is C19H19F3N4O. The van der Waals surface area contributed by atoms with E-state index in [2.05, 4.69) is 15.4 Å². The van der Waals surface area contributed by atoms with Crippen LogP contribution in [-0.2, 0) is 0 Å². The van der Waals surface area contributed by atoms with Gasteiger partial charge >= 0.3 is 0 Å². The molecule has 0 spiro atoms. The lowest BCUT2D eigenvalue weighted by Gasteiger charge is -2.19. The SMILES string of the molecule is CC(C)Oc1cccc([C@@H](Nc2cnn(-c3ncccc3F)c2)C(F)F)c1. The van der Waals surface area contributed by atoms with Gasteiger partial charge < -0.3 is 10.1 Å². The third-order valence-corrected chi connectivity index (χ3v) is 3.70. The van der Waals surface area contributed by atoms with Crippen molar-refractivity contribution in [1.29, 1.82) is 0 Å². The molecule has 2 heterocycles. The van der Waals surface area contributed by atoms with E-state index < -0.39 is 18.3 Å². The molecule has 0 radical (unpaired) electrons. The fourth-order valence-electron chi connectivity index (χ4n) is 2.58. The monoisotopic (exact) mass is 376 g/mol. The highest BCUT2D eigenvalue weighted by atomic mass is 19.3. The number of alkyl halides is 2. The molecule has 0 aliphatic carbocycles. The van der Waals surface area contributed by atoms with E-state index in [1.54, 1.807) is 24.3 Å². The van der Waals surface area contributed by atoms with Gasteiger partial charge in [-0.15, -0.1) is 0 Å². The average molecular weight is 376 g/mol. The van der Waals surface area contributed by atoms with E-state index >= 15 is 0 Å². The summed E-state index contributed by atoms with van der Waals surface area (Å²) in [6.07, 6.45) is 1.45. The number of nitrogens with zero attached hydrogens (tertiary/aromatic N) is 3. The molecular weight excluding hydrogens is 357 g/mol. The lowest BCUT2D eigenvalue weighted by atomic mass is 10.1. The highest BCUT2D eigenvalue weighted by molar-refractivity contribution is 5.45. The summed E-state index contributed by atoms with van der Waals surface area (Å²) in [7, 11) is 0. The summed E-state index contributed by atoms with van der Waals surface area (Å²) < 4.78 is 47.9. The molecule has 8 heteroatoms. The summed E-state index contributed by atoms with van der Waals surface area (Å²) in [6.45, 7) is 3.72. The van der Waals surface area contributed by atoms with Gasteiger partial charge in [0.2, 0.25) is 0 Å². The zero-order valence-electron chi connectivity index (χ0n) is 14.8. The quantitative estimate of drug-likeness (QED) is 0.654. The molecule has 0 aliphatic heterocycles. The van der Waals surface area contributed by atoms with Gasteiger partial charge in [0.1, 0.15) is 11.8 Å². The van der Waals surface area contributed by atoms with Crippen LogP contribution >= 0.6 is 0 Å². The minimum absolute atomic E-state index is 0.00789. The highest BCUT2D eigenvalue weighted by Crippen LogP contribution is 2.28. The summed E-state index contributed by atoms with van der Waals surface area (Å²) in [4.78, 5) is 3.91. The molecule has 0 unspecified atom stereocenters. The summed E-state index contributed by atoms with van der Waals surface area (Å²) in [5, 5.41) is 6.74. The molecule has 0 amide bonds. The van der Waals surface area contributed by atoms with E-state index in [-0.39, 0.29) is 11.9 Å². The highest BCUT2D eigenvalue weighted by Gasteiger charge is 2.23. The van der Waals surface area contributed by atoms with Gasteiger partial charge in [0.15, 0.2) is 11.6 Å². The summed E-state index contributed by atoms with van der Waals surface area (Å²) in [5.41, 5.74) is 0.695. The van der Waals surface area contributed by atoms with Gasteiger partial charge in [-0.05, 0) is 43.7 Å². The topological polar surface area (TPSA) is 52.0 Å². The summed E-state index contributed by atoms with van der Waals surface area (Å²) in [6, 6.07) is 7.99. The van der Waals surface area contributed by atoms with Crippen LogP contribution in [0.1, 0.15) is 25.5 Å². The van der Waals surface area contributed by atoms with Crippen molar-refractivity contribution in [1.82, 2.24) is 14.8 Å². The Kier molecular flexibility index (Phi) is 5.63. The first-order valence-corrected chi connectivity index (χ1v) is 8.41. The van der Waals surface area contributed by atoms with Crippen LogP contribution in [-0.4, -0.2) is 27.3 Å². The smallest absolute Gasteiger partial charge is 0.262 e. The molecule has 5 nitrogen and oxygen atoms in total. The van der Waals surface area contributed by atoms with Gasteiger partial charge in [-0.25, -0.2) is 22.8 Å². The summed E-state index contributed by atoms with van der Waals surface area (Å²) in [5.74, 6) is -0.0521. The minimum Gasteiger partial charge on any atom is -0.491 e. The van der Waals surface area contributed by atoms with Crippen LogP contribution in [0.4, 0.5) is 18.9 Å². The van der Waals surface area contributed by atoms with Crippen molar-refractivity contribution >= 4 is 5.69 Å². The van der Waals surface area contributed by atoms with E-state index in [9.17, 15) is 13.2 Å². The maximum atomic E-state index is 13.8. The van der Waals surface area contributed by atoms with E-state index in [0.717, 1.165) is 0 Å². The van der Waals surface area contributed by atoms with E-state index in [4.69, 9.17) is 4.74 Å². The van der Waals surface area contributed by atoms with Gasteiger partial charge in [0.05, 0.1) is 24.2 Å². The Balaban J connectivity index is 1.83. The number of aromatic nitrogens is 3. The van der Waals surface area contributed by atoms with Crippen molar-refractivity contribution in [3.63, 3.8) is 0 Å². The molecule has 1 N–H and O–H groups in total. The largest absolute Gasteiger partial charge is 0.491 e. The third-order valence-electron chi connectivity index (χ3n) is 3.70. The molecule has 0 saturated heterocycles. The standard InChI is InChI=1S/C19H19F3N4O/c1-12(2)27-15-6-3-5-13(9-15)17(18(21)22)25-14-10-24-26(11-14)19-16(20)7-4-8-23-19/h3-12,17-18,25H,1-2H3/t17-/m1/s1. The molecule has 0 fully saturated rings. The Morgan fingerprint density at radius 2 is 1.96 bits per heavy atom. The second-order valence-electron chi connectivity index (χ2n) is 6.18. The van der Waals surface area contributed by atoms with Crippen molar-refractivity contribution in [2.45, 2.75) is 32.4 Å². The maximum Gasteiger partial charge on any atom is 0.262 e. The first kappa shape index (κ1) is 18.8. The molecule has 1 aromatic carbocycles. The number of pyridine rings is 1. The fraction of sp³-hybridized carbons (Fsp3) is 0.263. The van der Waals surface area contributed by atoms with E-state index in [1.807, 2.05) is 13.8 Å². The Hall–Kier alpha value is -3.03. The number of benzene rings is 1. The minimum atomic E-state index is -2.67. The van der Waals surface area contributed by atoms with Crippen LogP contribution < -0.4 is 10.1 Å². The lowest BCUT2D eigenvalue weighted by molar-refractivity contribution is 0.124. The molecule has 0 saturated carbocycles. The van der Waals surface area contributed by atoms with Crippen LogP contribution in [0, 0.1) is 5.82 Å². The van der Waals surface area contributed by atoms with Crippen molar-refractivity contribution in [2.75, 3.05) is 5.32 Å². The van der Waals surface area contributed by atoms with Crippen LogP contribution in [0.15, 0.2) is 55.0 Å². The number of nitrogens with one attached hydrogen (secondary N) is 1. The van der Waals surface area contributed by atoms with Crippen molar-refractivity contribution < 1.29 is 17.9 Å². The number of halogens is 3. The van der Waals surface area contributed by atoms with Crippen molar-refractivity contribution in [3.05, 3.63) is 66.4 Å². The number of ether oxygens (including phenoxy) is 1. The van der Waals surface area contributed by atoms with Gasteiger partial charge in [-0.2, -0.15) is 5.10 Å². The zero-order valence-corrected chi connectivity index (χ0v) is 14.8. The second-order valence-corrected chi connectivity index (χ2v) is 6.18. The Labute approximate surface area is 154 Å². The Morgan fingerprint density at radius 3 is 2.67 bits per heavy atom. The van der Waals surface area contributed by atoms with Crippen molar-refractivity contribution in [3.8, 4) is 11.6 Å². The average Bonchev–Trinajstić information content (AvgIpc) is 3.08. The van der Waals surface area contributed by atoms with E-state index in [0.29, 0.717) is 17.0 Å². The molecule has 3 rings (SSSR count). The second kappa shape index (κ2) is 8.11. The Bertz CT molecular complexity index is 898. The number of hydrogen-bond acceptors (Lipinski definition) is 4. The first-order chi connectivity index (χ1) is 12.9. The van der Waals surface area contributed by atoms with Crippen LogP contribution in [0.3, 0.4) is 0 Å². The first-order valence-electron chi connectivity index (χ1n) is 8.41. The maximum absolute atomic E-state index is 13.8. The van der Waals surface area contributed by atoms with Gasteiger partial charge in [-0.3, -0.25) is 0 Å². The molecule has 2 aromatic heterocycles. The fourth-order valence-corrected chi connectivity index (χ4v) is 2.58. The van der Waals surface area contributed by atoms with Gasteiger partial charge in [-0.1, -0.05) is 12.1 Å². The van der Waals surface area contributed by atoms with Crippen LogP contribution in [0.5, 0.6) is 5.75 Å². The third kappa shape index (κ3) is 4.58. The lowest BCUT2D eigenvalue weighted by Crippen LogP contribution is -2.19. The summed E-state index contributed by atoms with van der Waals surface area (Å²) >= 11 is 0. The normalized spacial score (nSPS) is 12.4. The molecule has 0 aliphatic rings. The zero-order chi connectivity index (χ0) is 19.4. The van der Waals surface area contributed by atoms with Crippen LogP contribution in [0.25, 0.3) is 5.82 Å². The van der Waals surface area contributed by atoms with Crippen molar-refractivity contribution in [2.24, 2.45) is 0 Å². The van der Waals surface area contributed by atoms with E-state index in [1.165, 1.54) is 35.4 Å². The molecule has 0 bridgehead atoms. The molecule has 1 atom stereocenters. The molecule has 3 aromatic rings. The number of anilines is 1. The van der Waals surface area contributed by atoms with Crippen LogP contribution in [0.2, 0.25) is 0 Å². The van der Waals surface area contributed by atoms with Gasteiger partial charge in [0, 0.05) is 6.20 Å².